The number of hydrogen-bond donors (Lipinski definition) is 8. The maximum Gasteiger partial charge on any atom is 0.277 e. The second kappa shape index (κ2) is 26.1. The third-order valence-corrected chi connectivity index (χ3v) is 12.5. The van der Waals surface area contributed by atoms with Crippen LogP contribution >= 0.6 is 11.8 Å². The molecule has 0 spiro atoms. The highest BCUT2D eigenvalue weighted by Gasteiger charge is 2.35. The van der Waals surface area contributed by atoms with Gasteiger partial charge in [-0.15, -0.1) is 0 Å². The molecular weight excluding hydrogens is 857 g/mol. The Labute approximate surface area is 388 Å². The summed E-state index contributed by atoms with van der Waals surface area (Å²) >= 11 is 1.48. The van der Waals surface area contributed by atoms with E-state index < -0.39 is 78.4 Å². The molecule has 0 saturated heterocycles. The summed E-state index contributed by atoms with van der Waals surface area (Å²) in [6.45, 7) is 23.7. The Morgan fingerprint density at radius 2 is 1.18 bits per heavy atom. The van der Waals surface area contributed by atoms with Crippen LogP contribution in [0.2, 0.25) is 0 Å². The highest BCUT2D eigenvalue weighted by molar-refractivity contribution is 7.98. The molecule has 2 heterocycles. The van der Waals surface area contributed by atoms with E-state index in [1.54, 1.807) is 32.2 Å². The highest BCUT2D eigenvalue weighted by Crippen LogP contribution is 2.20. The summed E-state index contributed by atoms with van der Waals surface area (Å²) in [5, 5.41) is 36.5. The topological polar surface area (TPSA) is 272 Å². The maximum atomic E-state index is 13.4. The van der Waals surface area contributed by atoms with Gasteiger partial charge in [0.05, 0.1) is 48.9 Å². The van der Waals surface area contributed by atoms with Crippen molar-refractivity contribution in [1.29, 1.82) is 0 Å². The third kappa shape index (κ3) is 17.1. The number of ketones is 1. The molecule has 2 aromatic heterocycles. The predicted octanol–water partition coefficient (Wildman–Crippen LogP) is 1.65. The lowest BCUT2D eigenvalue weighted by molar-refractivity contribution is -0.131. The number of rotatable bonds is 29. The molecule has 2 rings (SSSR count). The van der Waals surface area contributed by atoms with Gasteiger partial charge in [0, 0.05) is 53.8 Å². The summed E-state index contributed by atoms with van der Waals surface area (Å²) < 4.78 is 2.80. The molecule has 0 bridgehead atoms. The molecule has 0 aromatic carbocycles. The second-order valence-corrected chi connectivity index (χ2v) is 20.4. The van der Waals surface area contributed by atoms with Gasteiger partial charge in [0.2, 0.25) is 29.5 Å². The monoisotopic (exact) mass is 935 g/mol. The van der Waals surface area contributed by atoms with Crippen LogP contribution < -0.4 is 43.4 Å². The van der Waals surface area contributed by atoms with Crippen LogP contribution in [0.1, 0.15) is 130 Å². The van der Waals surface area contributed by atoms with Gasteiger partial charge in [-0.3, -0.25) is 42.9 Å². The van der Waals surface area contributed by atoms with E-state index in [-0.39, 0.29) is 72.3 Å². The Morgan fingerprint density at radius 1 is 0.646 bits per heavy atom. The zero-order chi connectivity index (χ0) is 49.6. The number of Topliss-reactive ketones (excluding diaryl/α,β-unsaturated/α-hetero) is 1. The van der Waals surface area contributed by atoms with Gasteiger partial charge in [-0.1, -0.05) is 62.3 Å². The quantitative estimate of drug-likeness (QED) is 0.0542. The fourth-order valence-corrected chi connectivity index (χ4v) is 8.80. The highest BCUT2D eigenvalue weighted by atomic mass is 32.2. The molecule has 0 fully saturated rings. The van der Waals surface area contributed by atoms with Crippen molar-refractivity contribution in [2.24, 2.45) is 35.3 Å². The van der Waals surface area contributed by atoms with Crippen molar-refractivity contribution < 1.29 is 39.0 Å². The SMILES string of the molecule is Cc1c(C)n2c(CSCCNC(=O)CC(O)C(CC(C)C)NC(=O)C(C)NC(=O)CC(O)C(CC(C)C)N[C@H](C(N)=O)C(C)CC(=O)[C@@H](NC(=O)CC(C)C)C(C)C)c(C)c(=O)n2c1=O. The third-order valence-electron chi connectivity index (χ3n) is 11.6. The lowest BCUT2D eigenvalue weighted by Gasteiger charge is -2.32. The van der Waals surface area contributed by atoms with Crippen molar-refractivity contribution in [2.75, 3.05) is 12.3 Å². The first-order valence-electron chi connectivity index (χ1n) is 22.9. The van der Waals surface area contributed by atoms with Gasteiger partial charge in [0.1, 0.15) is 6.04 Å². The number of carbonyl (C=O) groups is 6. The van der Waals surface area contributed by atoms with Crippen LogP contribution in [0.3, 0.4) is 0 Å². The minimum atomic E-state index is -1.32. The average molecular weight is 935 g/mol. The number of aromatic nitrogens is 2. The van der Waals surface area contributed by atoms with Crippen LogP contribution in [-0.2, 0) is 34.5 Å². The van der Waals surface area contributed by atoms with Crippen LogP contribution in [0.15, 0.2) is 9.59 Å². The number of thioether (sulfide) groups is 1. The molecule has 5 amide bonds. The number of nitrogens with one attached hydrogen (secondary N) is 5. The summed E-state index contributed by atoms with van der Waals surface area (Å²) in [4.78, 5) is 103. The Morgan fingerprint density at radius 3 is 1.74 bits per heavy atom. The van der Waals surface area contributed by atoms with Gasteiger partial charge in [-0.25, -0.2) is 0 Å². The van der Waals surface area contributed by atoms with Gasteiger partial charge >= 0.3 is 0 Å². The van der Waals surface area contributed by atoms with E-state index in [2.05, 4.69) is 26.6 Å². The van der Waals surface area contributed by atoms with E-state index in [9.17, 15) is 48.6 Å². The van der Waals surface area contributed by atoms with Gasteiger partial charge < -0.3 is 42.5 Å². The zero-order valence-electron chi connectivity index (χ0n) is 40.8. The molecule has 65 heavy (non-hydrogen) atoms. The maximum absolute atomic E-state index is 13.4. The van der Waals surface area contributed by atoms with Gasteiger partial charge in [-0.2, -0.15) is 16.3 Å². The van der Waals surface area contributed by atoms with Crippen molar-refractivity contribution in [3.63, 3.8) is 0 Å². The minimum absolute atomic E-state index is 0.0151. The van der Waals surface area contributed by atoms with E-state index in [0.29, 0.717) is 41.2 Å². The average Bonchev–Trinajstić information content (AvgIpc) is 3.56. The fraction of sp³-hybridized carbons (Fsp3) is 0.739. The van der Waals surface area contributed by atoms with E-state index in [0.717, 1.165) is 10.2 Å². The van der Waals surface area contributed by atoms with E-state index >= 15 is 0 Å². The van der Waals surface area contributed by atoms with Crippen LogP contribution in [0.5, 0.6) is 0 Å². The first-order chi connectivity index (χ1) is 30.2. The van der Waals surface area contributed by atoms with E-state index in [1.807, 2.05) is 55.4 Å². The Hall–Kier alpha value is -4.33. The van der Waals surface area contributed by atoms with Crippen molar-refractivity contribution >= 4 is 47.1 Å². The molecule has 0 aliphatic heterocycles. The van der Waals surface area contributed by atoms with Crippen LogP contribution in [0.25, 0.3) is 0 Å². The molecule has 0 aliphatic rings. The largest absolute Gasteiger partial charge is 0.391 e. The molecule has 18 nitrogen and oxygen atoms in total. The van der Waals surface area contributed by atoms with Crippen LogP contribution in [0.4, 0.5) is 0 Å². The number of hydrogen-bond acceptors (Lipinski definition) is 12. The van der Waals surface area contributed by atoms with Crippen molar-refractivity contribution in [3.05, 3.63) is 43.2 Å². The lowest BCUT2D eigenvalue weighted by atomic mass is 9.87. The summed E-state index contributed by atoms with van der Waals surface area (Å²) in [6.07, 6.45) is -2.42. The Balaban J connectivity index is 1.99. The summed E-state index contributed by atoms with van der Waals surface area (Å²) in [5.74, 6) is -2.65. The molecule has 8 atom stereocenters. The van der Waals surface area contributed by atoms with Crippen LogP contribution in [0, 0.1) is 50.4 Å². The van der Waals surface area contributed by atoms with Gasteiger partial charge in [0.15, 0.2) is 5.78 Å². The molecule has 0 radical (unpaired) electrons. The molecule has 9 N–H and O–H groups in total. The zero-order valence-corrected chi connectivity index (χ0v) is 41.6. The number of primary amides is 1. The van der Waals surface area contributed by atoms with Crippen molar-refractivity contribution in [2.45, 2.75) is 177 Å². The number of nitrogens with zero attached hydrogens (tertiary/aromatic N) is 2. The molecule has 0 aliphatic carbocycles. The first-order valence-corrected chi connectivity index (χ1v) is 24.1. The minimum Gasteiger partial charge on any atom is -0.391 e. The Kier molecular flexibility index (Phi) is 22.8. The molecule has 6 unspecified atom stereocenters. The number of carbonyl (C=O) groups excluding carboxylic acids is 6. The van der Waals surface area contributed by atoms with Crippen molar-refractivity contribution in [3.8, 4) is 0 Å². The smallest absolute Gasteiger partial charge is 0.277 e. The molecular formula is C46H78N8O10S. The number of amides is 5. The fourth-order valence-electron chi connectivity index (χ4n) is 7.88. The van der Waals surface area contributed by atoms with Crippen LogP contribution in [-0.4, -0.2) is 109 Å². The van der Waals surface area contributed by atoms with E-state index in [1.165, 1.54) is 18.7 Å². The summed E-state index contributed by atoms with van der Waals surface area (Å²) in [6, 6.07) is -4.51. The van der Waals surface area contributed by atoms with Crippen molar-refractivity contribution in [1.82, 2.24) is 35.6 Å². The number of aliphatic hydroxyl groups is 2. The lowest BCUT2D eigenvalue weighted by Crippen LogP contribution is -2.56. The number of nitrogens with two attached hydrogens (primary N) is 1. The predicted molar refractivity (Wildman–Crippen MR) is 253 cm³/mol. The number of fused-ring (bicyclic) bond motifs is 1. The van der Waals surface area contributed by atoms with Gasteiger partial charge in [0.25, 0.3) is 11.1 Å². The number of aryl methyl sites for hydroxylation is 1. The molecule has 0 saturated carbocycles. The second-order valence-electron chi connectivity index (χ2n) is 19.3. The molecule has 368 valence electrons. The molecule has 2 aromatic rings. The molecule has 19 heteroatoms. The summed E-state index contributed by atoms with van der Waals surface area (Å²) in [7, 11) is 0. The van der Waals surface area contributed by atoms with Gasteiger partial charge in [-0.05, 0) is 70.1 Å². The first kappa shape index (κ1) is 56.8. The normalized spacial score (nSPS) is 15.7. The Bertz CT molecular complexity index is 2050. The standard InChI is InChI=1S/C46H78N8O10S/c1-23(2)16-32(50-42(43(47)61)27(9)19-37(57)41(26(7)8)52-39(59)18-25(5)6)36(56)21-40(60)49-30(12)44(62)51-33(17-24(3)4)35(55)20-38(58)48-14-15-65-22-34-29(11)46(64)54-45(63)28(10)31(13)53(34)54/h23-27,30,32-33,35-36,41-42,50,55-56H,14-22H2,1-13H3,(H2,47,61)(H,48,58)(H,49,60)(H,51,62)(H,52,59)/t27?,30?,32?,33?,35?,36?,41-,42-/m0/s1. The summed E-state index contributed by atoms with van der Waals surface area (Å²) in [5.41, 5.74) is 7.56. The van der Waals surface area contributed by atoms with E-state index in [4.69, 9.17) is 5.73 Å². The number of aliphatic hydroxyl groups excluding tert-OH is 2.